The quantitative estimate of drug-likeness (QED) is 0.683. The molecule has 3 heteroatoms. The molecule has 3 nitrogen and oxygen atoms in total. The van der Waals surface area contributed by atoms with Crippen molar-refractivity contribution in [3.63, 3.8) is 0 Å². The summed E-state index contributed by atoms with van der Waals surface area (Å²) in [6.45, 7) is 10.4. The van der Waals surface area contributed by atoms with Crippen LogP contribution in [0.3, 0.4) is 0 Å². The zero-order valence-corrected chi connectivity index (χ0v) is 10.9. The van der Waals surface area contributed by atoms with Gasteiger partial charge in [-0.25, -0.2) is 0 Å². The molecule has 0 radical (unpaired) electrons. The minimum Gasteiger partial charge on any atom is -0.367 e. The summed E-state index contributed by atoms with van der Waals surface area (Å²) >= 11 is 0. The van der Waals surface area contributed by atoms with Gasteiger partial charge in [-0.05, 0) is 34.1 Å². The van der Waals surface area contributed by atoms with Crippen LogP contribution in [0.25, 0.3) is 0 Å². The number of morpholine rings is 1. The van der Waals surface area contributed by atoms with Crippen molar-refractivity contribution in [1.82, 2.24) is 4.90 Å². The van der Waals surface area contributed by atoms with Gasteiger partial charge in [-0.2, -0.15) is 0 Å². The largest absolute Gasteiger partial charge is 0.367 e. The standard InChI is InChI=1S/C13H23NO2/c1-12(2)8-14(9-13(3,4)16-12)10-5-6-11(15)7-10/h10H,5-9H2,1-4H3. The van der Waals surface area contributed by atoms with Gasteiger partial charge < -0.3 is 4.74 Å². The maximum atomic E-state index is 11.4. The molecule has 1 aliphatic carbocycles. The van der Waals surface area contributed by atoms with Gasteiger partial charge >= 0.3 is 0 Å². The number of ketones is 1. The van der Waals surface area contributed by atoms with E-state index >= 15 is 0 Å². The lowest BCUT2D eigenvalue weighted by molar-refractivity contribution is -0.187. The topological polar surface area (TPSA) is 29.5 Å². The van der Waals surface area contributed by atoms with E-state index in [0.29, 0.717) is 11.8 Å². The summed E-state index contributed by atoms with van der Waals surface area (Å²) in [5.41, 5.74) is -0.208. The van der Waals surface area contributed by atoms with E-state index in [-0.39, 0.29) is 11.2 Å². The number of hydrogen-bond acceptors (Lipinski definition) is 3. The molecule has 0 aromatic rings. The van der Waals surface area contributed by atoms with Crippen molar-refractivity contribution in [2.45, 2.75) is 64.2 Å². The van der Waals surface area contributed by atoms with Crippen molar-refractivity contribution < 1.29 is 9.53 Å². The molecule has 2 fully saturated rings. The molecule has 1 unspecified atom stereocenters. The first-order valence-electron chi connectivity index (χ1n) is 6.23. The highest BCUT2D eigenvalue weighted by Gasteiger charge is 2.41. The minimum absolute atomic E-state index is 0.104. The molecule has 16 heavy (non-hydrogen) atoms. The van der Waals surface area contributed by atoms with Crippen LogP contribution in [0, 0.1) is 0 Å². The highest BCUT2D eigenvalue weighted by Crippen LogP contribution is 2.32. The summed E-state index contributed by atoms with van der Waals surface area (Å²) in [4.78, 5) is 13.8. The third-order valence-electron chi connectivity index (χ3n) is 3.46. The lowest BCUT2D eigenvalue weighted by Crippen LogP contribution is -2.59. The zero-order valence-electron chi connectivity index (χ0n) is 10.9. The van der Waals surface area contributed by atoms with Crippen LogP contribution in [0.4, 0.5) is 0 Å². The number of carbonyl (C=O) groups is 1. The van der Waals surface area contributed by atoms with Gasteiger partial charge in [0.15, 0.2) is 0 Å². The third kappa shape index (κ3) is 2.64. The van der Waals surface area contributed by atoms with Crippen molar-refractivity contribution in [2.75, 3.05) is 13.1 Å². The van der Waals surface area contributed by atoms with E-state index in [0.717, 1.165) is 32.4 Å². The molecule has 0 aromatic carbocycles. The predicted octanol–water partition coefficient (Wildman–Crippen LogP) is 2.00. The van der Waals surface area contributed by atoms with Gasteiger partial charge in [0.2, 0.25) is 0 Å². The fourth-order valence-corrected chi connectivity index (χ4v) is 3.21. The van der Waals surface area contributed by atoms with E-state index in [1.54, 1.807) is 0 Å². The van der Waals surface area contributed by atoms with Crippen LogP contribution in [-0.4, -0.2) is 41.0 Å². The first-order valence-corrected chi connectivity index (χ1v) is 6.23. The first-order chi connectivity index (χ1) is 7.27. The molecule has 1 atom stereocenters. The van der Waals surface area contributed by atoms with Crippen molar-refractivity contribution in [3.8, 4) is 0 Å². The van der Waals surface area contributed by atoms with Crippen LogP contribution in [0.2, 0.25) is 0 Å². The Hall–Kier alpha value is -0.410. The fourth-order valence-electron chi connectivity index (χ4n) is 3.21. The van der Waals surface area contributed by atoms with Crippen LogP contribution in [0.5, 0.6) is 0 Å². The number of ether oxygens (including phenoxy) is 1. The average Bonchev–Trinajstić information content (AvgIpc) is 2.45. The van der Waals surface area contributed by atoms with Gasteiger partial charge in [0, 0.05) is 32.0 Å². The van der Waals surface area contributed by atoms with Gasteiger partial charge in [0.25, 0.3) is 0 Å². The Morgan fingerprint density at radius 2 is 1.75 bits per heavy atom. The molecule has 1 saturated heterocycles. The lowest BCUT2D eigenvalue weighted by atomic mass is 9.97. The Labute approximate surface area is 98.1 Å². The average molecular weight is 225 g/mol. The summed E-state index contributed by atoms with van der Waals surface area (Å²) in [6, 6.07) is 0.454. The van der Waals surface area contributed by atoms with Gasteiger partial charge in [0.05, 0.1) is 11.2 Å². The number of Topliss-reactive ketones (excluding diaryl/α,β-unsaturated/α-hetero) is 1. The molecular formula is C13H23NO2. The molecule has 1 aliphatic heterocycles. The van der Waals surface area contributed by atoms with Crippen LogP contribution in [-0.2, 0) is 9.53 Å². The van der Waals surface area contributed by atoms with E-state index in [1.807, 2.05) is 0 Å². The second-order valence-corrected chi connectivity index (χ2v) is 6.46. The molecule has 2 rings (SSSR count). The Morgan fingerprint density at radius 3 is 2.19 bits per heavy atom. The second-order valence-electron chi connectivity index (χ2n) is 6.46. The number of nitrogens with zero attached hydrogens (tertiary/aromatic N) is 1. The molecule has 1 heterocycles. The monoisotopic (exact) mass is 225 g/mol. The van der Waals surface area contributed by atoms with Crippen LogP contribution in [0.1, 0.15) is 47.0 Å². The van der Waals surface area contributed by atoms with Gasteiger partial charge in [-0.3, -0.25) is 9.69 Å². The molecule has 0 aromatic heterocycles. The van der Waals surface area contributed by atoms with E-state index in [2.05, 4.69) is 32.6 Å². The molecule has 0 amide bonds. The molecule has 0 spiro atoms. The van der Waals surface area contributed by atoms with Crippen molar-refractivity contribution in [1.29, 1.82) is 0 Å². The summed E-state index contributed by atoms with van der Waals surface area (Å²) in [7, 11) is 0. The number of hydrogen-bond donors (Lipinski definition) is 0. The molecule has 1 saturated carbocycles. The Bertz CT molecular complexity index is 280. The van der Waals surface area contributed by atoms with Crippen molar-refractivity contribution >= 4 is 5.78 Å². The van der Waals surface area contributed by atoms with E-state index in [1.165, 1.54) is 0 Å². The lowest BCUT2D eigenvalue weighted by Gasteiger charge is -2.49. The van der Waals surface area contributed by atoms with Gasteiger partial charge in [0.1, 0.15) is 5.78 Å². The summed E-state index contributed by atoms with van der Waals surface area (Å²) in [5.74, 6) is 0.423. The normalized spacial score (nSPS) is 34.2. The molecular weight excluding hydrogens is 202 g/mol. The maximum Gasteiger partial charge on any atom is 0.134 e. The van der Waals surface area contributed by atoms with Crippen LogP contribution in [0.15, 0.2) is 0 Å². The second kappa shape index (κ2) is 3.81. The first kappa shape index (κ1) is 12.1. The zero-order chi connectivity index (χ0) is 12.0. The molecule has 0 bridgehead atoms. The smallest absolute Gasteiger partial charge is 0.134 e. The fraction of sp³-hybridized carbons (Fsp3) is 0.923. The van der Waals surface area contributed by atoms with Crippen molar-refractivity contribution in [3.05, 3.63) is 0 Å². The SMILES string of the molecule is CC1(C)CN(C2CCC(=O)C2)CC(C)(C)O1. The summed E-state index contributed by atoms with van der Waals surface area (Å²) < 4.78 is 6.05. The van der Waals surface area contributed by atoms with Crippen LogP contribution >= 0.6 is 0 Å². The predicted molar refractivity (Wildman–Crippen MR) is 63.5 cm³/mol. The van der Waals surface area contributed by atoms with E-state index in [4.69, 9.17) is 4.74 Å². The number of rotatable bonds is 1. The van der Waals surface area contributed by atoms with Crippen molar-refractivity contribution in [2.24, 2.45) is 0 Å². The summed E-state index contributed by atoms with van der Waals surface area (Å²) in [6.07, 6.45) is 2.54. The van der Waals surface area contributed by atoms with Gasteiger partial charge in [-0.15, -0.1) is 0 Å². The Morgan fingerprint density at radius 1 is 1.19 bits per heavy atom. The molecule has 92 valence electrons. The van der Waals surface area contributed by atoms with E-state index < -0.39 is 0 Å². The Balaban J connectivity index is 2.07. The van der Waals surface area contributed by atoms with Gasteiger partial charge in [-0.1, -0.05) is 0 Å². The molecule has 2 aliphatic rings. The number of carbonyl (C=O) groups excluding carboxylic acids is 1. The van der Waals surface area contributed by atoms with E-state index in [9.17, 15) is 4.79 Å². The van der Waals surface area contributed by atoms with Crippen LogP contribution < -0.4 is 0 Å². The Kier molecular flexibility index (Phi) is 2.87. The highest BCUT2D eigenvalue weighted by atomic mass is 16.5. The highest BCUT2D eigenvalue weighted by molar-refractivity contribution is 5.81. The summed E-state index contributed by atoms with van der Waals surface area (Å²) in [5, 5.41) is 0. The minimum atomic E-state index is -0.104. The third-order valence-corrected chi connectivity index (χ3v) is 3.46. The molecule has 0 N–H and O–H groups in total. The maximum absolute atomic E-state index is 11.4.